The topological polar surface area (TPSA) is 110 Å². The minimum atomic E-state index is -1.68. The SMILES string of the molecule is CNC[C@@H](O)[C@H](O)[C@H](O)[C@@H](O)C=O. The molecule has 0 rings (SSSR count). The highest BCUT2D eigenvalue weighted by Gasteiger charge is 2.29. The zero-order valence-electron chi connectivity index (χ0n) is 7.29. The molecular formula is C7H15NO5. The third-order valence-corrected chi connectivity index (χ3v) is 1.65. The molecule has 0 aliphatic rings. The molecule has 0 heterocycles. The molecule has 0 bridgehead atoms. The Morgan fingerprint density at radius 3 is 2.15 bits per heavy atom. The Bertz CT molecular complexity index is 154. The summed E-state index contributed by atoms with van der Waals surface area (Å²) in [6.07, 6.45) is -6.02. The zero-order valence-corrected chi connectivity index (χ0v) is 7.29. The lowest BCUT2D eigenvalue weighted by Crippen LogP contribution is -2.48. The van der Waals surface area contributed by atoms with E-state index in [-0.39, 0.29) is 12.8 Å². The van der Waals surface area contributed by atoms with Gasteiger partial charge in [0.05, 0.1) is 6.10 Å². The third kappa shape index (κ3) is 3.79. The predicted molar refractivity (Wildman–Crippen MR) is 44.0 cm³/mol. The molecular weight excluding hydrogens is 178 g/mol. The van der Waals surface area contributed by atoms with Gasteiger partial charge < -0.3 is 30.5 Å². The van der Waals surface area contributed by atoms with E-state index in [1.165, 1.54) is 0 Å². The van der Waals surface area contributed by atoms with Crippen LogP contribution in [0.3, 0.4) is 0 Å². The van der Waals surface area contributed by atoms with E-state index >= 15 is 0 Å². The maximum Gasteiger partial charge on any atom is 0.151 e. The fourth-order valence-corrected chi connectivity index (χ4v) is 0.840. The van der Waals surface area contributed by atoms with Crippen LogP contribution in [0.5, 0.6) is 0 Å². The number of aldehydes is 1. The molecule has 0 radical (unpaired) electrons. The second kappa shape index (κ2) is 6.01. The van der Waals surface area contributed by atoms with E-state index < -0.39 is 24.4 Å². The van der Waals surface area contributed by atoms with Crippen molar-refractivity contribution in [3.05, 3.63) is 0 Å². The van der Waals surface area contributed by atoms with Gasteiger partial charge in [-0.2, -0.15) is 0 Å². The molecule has 0 saturated heterocycles. The van der Waals surface area contributed by atoms with Gasteiger partial charge in [-0.25, -0.2) is 0 Å². The number of rotatable bonds is 6. The maximum absolute atomic E-state index is 10.0. The summed E-state index contributed by atoms with van der Waals surface area (Å²) in [6, 6.07) is 0. The first kappa shape index (κ1) is 12.5. The van der Waals surface area contributed by atoms with Crippen molar-refractivity contribution in [3.63, 3.8) is 0 Å². The first-order chi connectivity index (χ1) is 6.04. The molecule has 0 fully saturated rings. The number of nitrogens with one attached hydrogen (secondary N) is 1. The number of hydrogen-bond acceptors (Lipinski definition) is 6. The van der Waals surface area contributed by atoms with Crippen molar-refractivity contribution in [2.45, 2.75) is 24.4 Å². The van der Waals surface area contributed by atoms with Gasteiger partial charge in [-0.3, -0.25) is 0 Å². The number of aliphatic hydroxyl groups excluding tert-OH is 4. The first-order valence-electron chi connectivity index (χ1n) is 3.86. The Kier molecular flexibility index (Phi) is 5.76. The number of carbonyl (C=O) groups is 1. The molecule has 6 nitrogen and oxygen atoms in total. The molecule has 0 amide bonds. The van der Waals surface area contributed by atoms with Crippen LogP contribution in [0.15, 0.2) is 0 Å². The highest BCUT2D eigenvalue weighted by Crippen LogP contribution is 2.02. The van der Waals surface area contributed by atoms with Crippen LogP contribution in [0.25, 0.3) is 0 Å². The molecule has 0 spiro atoms. The Morgan fingerprint density at radius 2 is 1.77 bits per heavy atom. The molecule has 0 unspecified atom stereocenters. The van der Waals surface area contributed by atoms with Gasteiger partial charge in [0, 0.05) is 6.54 Å². The van der Waals surface area contributed by atoms with E-state index in [2.05, 4.69) is 5.32 Å². The van der Waals surface area contributed by atoms with Crippen molar-refractivity contribution in [3.8, 4) is 0 Å². The van der Waals surface area contributed by atoms with E-state index in [1.54, 1.807) is 7.05 Å². The van der Waals surface area contributed by atoms with Crippen LogP contribution in [0.4, 0.5) is 0 Å². The highest BCUT2D eigenvalue weighted by molar-refractivity contribution is 5.56. The summed E-state index contributed by atoms with van der Waals surface area (Å²) in [5.41, 5.74) is 0. The van der Waals surface area contributed by atoms with Gasteiger partial charge in [-0.05, 0) is 7.05 Å². The molecule has 13 heavy (non-hydrogen) atoms. The number of carbonyl (C=O) groups excluding carboxylic acids is 1. The van der Waals surface area contributed by atoms with Gasteiger partial charge in [0.25, 0.3) is 0 Å². The fourth-order valence-electron chi connectivity index (χ4n) is 0.840. The largest absolute Gasteiger partial charge is 0.389 e. The van der Waals surface area contributed by atoms with Crippen molar-refractivity contribution in [1.29, 1.82) is 0 Å². The van der Waals surface area contributed by atoms with E-state index in [0.29, 0.717) is 0 Å². The summed E-state index contributed by atoms with van der Waals surface area (Å²) < 4.78 is 0. The molecule has 0 aliphatic heterocycles. The van der Waals surface area contributed by atoms with Crippen LogP contribution in [-0.4, -0.2) is 64.7 Å². The maximum atomic E-state index is 10.0. The summed E-state index contributed by atoms with van der Waals surface area (Å²) in [7, 11) is 1.55. The van der Waals surface area contributed by atoms with Gasteiger partial charge >= 0.3 is 0 Å². The smallest absolute Gasteiger partial charge is 0.151 e. The summed E-state index contributed by atoms with van der Waals surface area (Å²) in [5.74, 6) is 0. The average Bonchev–Trinajstić information content (AvgIpc) is 2.14. The molecule has 5 N–H and O–H groups in total. The lowest BCUT2D eigenvalue weighted by Gasteiger charge is -2.23. The standard InChI is InChI=1S/C7H15NO5/c1-8-2-4(10)6(12)7(13)5(11)3-9/h3-8,10-13H,2H2,1H3/t4-,5+,6+,7-/m1/s1. The van der Waals surface area contributed by atoms with Crippen LogP contribution >= 0.6 is 0 Å². The minimum Gasteiger partial charge on any atom is -0.389 e. The summed E-state index contributed by atoms with van der Waals surface area (Å²) in [6.45, 7) is 0.0593. The monoisotopic (exact) mass is 193 g/mol. The van der Waals surface area contributed by atoms with Crippen LogP contribution in [0, 0.1) is 0 Å². The molecule has 4 atom stereocenters. The molecule has 0 aromatic heterocycles. The Labute approximate surface area is 75.8 Å². The van der Waals surface area contributed by atoms with Crippen LogP contribution in [-0.2, 0) is 4.79 Å². The molecule has 0 aliphatic carbocycles. The zero-order chi connectivity index (χ0) is 10.4. The number of hydrogen-bond donors (Lipinski definition) is 5. The second-order valence-corrected chi connectivity index (χ2v) is 2.73. The quantitative estimate of drug-likeness (QED) is 0.285. The fraction of sp³-hybridized carbons (Fsp3) is 0.857. The summed E-state index contributed by atoms with van der Waals surface area (Å²) in [4.78, 5) is 10.0. The Balaban J connectivity index is 4.06. The van der Waals surface area contributed by atoms with Crippen LogP contribution in [0.2, 0.25) is 0 Å². The van der Waals surface area contributed by atoms with Crippen LogP contribution in [0.1, 0.15) is 0 Å². The third-order valence-electron chi connectivity index (χ3n) is 1.65. The van der Waals surface area contributed by atoms with Gasteiger partial charge in [-0.1, -0.05) is 0 Å². The van der Waals surface area contributed by atoms with E-state index in [0.717, 1.165) is 0 Å². The molecule has 0 aromatic rings. The van der Waals surface area contributed by atoms with Gasteiger partial charge in [-0.15, -0.1) is 0 Å². The van der Waals surface area contributed by atoms with E-state index in [9.17, 15) is 4.79 Å². The van der Waals surface area contributed by atoms with Crippen molar-refractivity contribution >= 4 is 6.29 Å². The number of likely N-dealkylation sites (N-methyl/N-ethyl adjacent to an activating group) is 1. The Morgan fingerprint density at radius 1 is 1.23 bits per heavy atom. The molecule has 0 aromatic carbocycles. The van der Waals surface area contributed by atoms with Gasteiger partial charge in [0.15, 0.2) is 6.29 Å². The van der Waals surface area contributed by atoms with Gasteiger partial charge in [0.1, 0.15) is 18.3 Å². The molecule has 78 valence electrons. The van der Waals surface area contributed by atoms with Crippen molar-refractivity contribution in [2.75, 3.05) is 13.6 Å². The van der Waals surface area contributed by atoms with E-state index in [4.69, 9.17) is 20.4 Å². The first-order valence-corrected chi connectivity index (χ1v) is 3.86. The van der Waals surface area contributed by atoms with E-state index in [1.807, 2.05) is 0 Å². The summed E-state index contributed by atoms with van der Waals surface area (Å²) in [5, 5.41) is 38.7. The minimum absolute atomic E-state index is 0.0593. The normalized spacial score (nSPS) is 20.4. The van der Waals surface area contributed by atoms with Gasteiger partial charge in [0.2, 0.25) is 0 Å². The Hall–Kier alpha value is -0.530. The van der Waals surface area contributed by atoms with Crippen molar-refractivity contribution in [1.82, 2.24) is 5.32 Å². The highest BCUT2D eigenvalue weighted by atomic mass is 16.4. The number of aliphatic hydroxyl groups is 4. The predicted octanol–water partition coefficient (Wildman–Crippen LogP) is -3.15. The van der Waals surface area contributed by atoms with Crippen molar-refractivity contribution in [2.24, 2.45) is 0 Å². The lowest BCUT2D eigenvalue weighted by molar-refractivity contribution is -0.133. The van der Waals surface area contributed by atoms with Crippen LogP contribution < -0.4 is 5.32 Å². The van der Waals surface area contributed by atoms with Crippen molar-refractivity contribution < 1.29 is 25.2 Å². The molecule has 6 heteroatoms. The average molecular weight is 193 g/mol. The lowest BCUT2D eigenvalue weighted by atomic mass is 10.0. The second-order valence-electron chi connectivity index (χ2n) is 2.73. The summed E-state index contributed by atoms with van der Waals surface area (Å²) >= 11 is 0. The molecule has 0 saturated carbocycles.